The molecule has 1 atom stereocenters. The lowest BCUT2D eigenvalue weighted by Crippen LogP contribution is -2.38. The topological polar surface area (TPSA) is 75.7 Å². The number of carbonyl (C=O) groups excluding carboxylic acids is 1. The molecule has 0 saturated carbocycles. The molecule has 0 aromatic heterocycles. The number of hydrogen-bond donors (Lipinski definition) is 1. The Labute approximate surface area is 160 Å². The van der Waals surface area contributed by atoms with Crippen molar-refractivity contribution in [1.29, 1.82) is 0 Å². The molecule has 1 N–H and O–H groups in total. The standard InChI is InChI=1S/C18H28N2O4S2/c1-13-7-9-20(10-8-13)18(21)16-11-15(5-6-17(16)25-4)26(22,23)19-14(2)12-24-3/h5-6,11,13-14,19H,7-10,12H2,1-4H3/t14-/m1/s1. The number of sulfonamides is 1. The number of piperidine rings is 1. The fourth-order valence-corrected chi connectivity index (χ4v) is 4.84. The highest BCUT2D eigenvalue weighted by atomic mass is 32.2. The quantitative estimate of drug-likeness (QED) is 0.712. The van der Waals surface area contributed by atoms with E-state index in [0.717, 1.165) is 17.7 Å². The largest absolute Gasteiger partial charge is 0.383 e. The van der Waals surface area contributed by atoms with E-state index in [9.17, 15) is 13.2 Å². The third-order valence-electron chi connectivity index (χ3n) is 4.56. The van der Waals surface area contributed by atoms with Gasteiger partial charge in [0.25, 0.3) is 5.91 Å². The Balaban J connectivity index is 2.29. The van der Waals surface area contributed by atoms with Crippen molar-refractivity contribution in [1.82, 2.24) is 9.62 Å². The van der Waals surface area contributed by atoms with Crippen molar-refractivity contribution in [2.75, 3.05) is 33.1 Å². The lowest BCUT2D eigenvalue weighted by molar-refractivity contribution is 0.0693. The fourth-order valence-electron chi connectivity index (χ4n) is 3.02. The average molecular weight is 401 g/mol. The van der Waals surface area contributed by atoms with Crippen LogP contribution in [0.4, 0.5) is 0 Å². The number of nitrogens with zero attached hydrogens (tertiary/aromatic N) is 1. The van der Waals surface area contributed by atoms with Gasteiger partial charge in [0.1, 0.15) is 0 Å². The number of likely N-dealkylation sites (tertiary alicyclic amines) is 1. The number of carbonyl (C=O) groups is 1. The molecule has 0 aliphatic carbocycles. The number of hydrogen-bond acceptors (Lipinski definition) is 5. The maximum atomic E-state index is 13.0. The van der Waals surface area contributed by atoms with Crippen LogP contribution in [0.3, 0.4) is 0 Å². The summed E-state index contributed by atoms with van der Waals surface area (Å²) < 4.78 is 32.8. The number of nitrogens with one attached hydrogen (secondary N) is 1. The lowest BCUT2D eigenvalue weighted by Gasteiger charge is -2.31. The highest BCUT2D eigenvalue weighted by Gasteiger charge is 2.25. The van der Waals surface area contributed by atoms with Crippen molar-refractivity contribution in [2.24, 2.45) is 5.92 Å². The van der Waals surface area contributed by atoms with Gasteiger partial charge in [0.05, 0.1) is 17.1 Å². The number of benzene rings is 1. The summed E-state index contributed by atoms with van der Waals surface area (Å²) in [4.78, 5) is 15.7. The van der Waals surface area contributed by atoms with Crippen LogP contribution >= 0.6 is 11.8 Å². The van der Waals surface area contributed by atoms with E-state index in [1.807, 2.05) is 11.2 Å². The van der Waals surface area contributed by atoms with Crippen LogP contribution in [0.25, 0.3) is 0 Å². The summed E-state index contributed by atoms with van der Waals surface area (Å²) in [5, 5.41) is 0. The van der Waals surface area contributed by atoms with Crippen molar-refractivity contribution >= 4 is 27.7 Å². The van der Waals surface area contributed by atoms with E-state index < -0.39 is 10.0 Å². The molecule has 146 valence electrons. The van der Waals surface area contributed by atoms with E-state index in [0.29, 0.717) is 24.6 Å². The Morgan fingerprint density at radius 1 is 1.38 bits per heavy atom. The van der Waals surface area contributed by atoms with Crippen LogP contribution in [0.2, 0.25) is 0 Å². The summed E-state index contributed by atoms with van der Waals surface area (Å²) in [6.07, 6.45) is 3.85. The Morgan fingerprint density at radius 3 is 2.62 bits per heavy atom. The van der Waals surface area contributed by atoms with Gasteiger partial charge in [-0.05, 0) is 50.1 Å². The van der Waals surface area contributed by atoms with E-state index in [2.05, 4.69) is 11.6 Å². The molecule has 0 bridgehead atoms. The zero-order chi connectivity index (χ0) is 19.3. The first kappa shape index (κ1) is 21.2. The highest BCUT2D eigenvalue weighted by Crippen LogP contribution is 2.27. The molecule has 0 unspecified atom stereocenters. The molecule has 8 heteroatoms. The molecule has 1 aromatic carbocycles. The van der Waals surface area contributed by atoms with Crippen LogP contribution in [0, 0.1) is 5.92 Å². The Hall–Kier alpha value is -1.09. The van der Waals surface area contributed by atoms with Crippen LogP contribution in [-0.2, 0) is 14.8 Å². The minimum absolute atomic E-state index is 0.0942. The number of amides is 1. The minimum Gasteiger partial charge on any atom is -0.383 e. The van der Waals surface area contributed by atoms with Gasteiger partial charge in [-0.1, -0.05) is 6.92 Å². The summed E-state index contributed by atoms with van der Waals surface area (Å²) in [6, 6.07) is 4.39. The molecular formula is C18H28N2O4S2. The molecule has 0 spiro atoms. The SMILES string of the molecule is COC[C@@H](C)NS(=O)(=O)c1ccc(SC)c(C(=O)N2CCC(C)CC2)c1. The molecule has 1 fully saturated rings. The number of ether oxygens (including phenoxy) is 1. The highest BCUT2D eigenvalue weighted by molar-refractivity contribution is 7.98. The lowest BCUT2D eigenvalue weighted by atomic mass is 9.98. The van der Waals surface area contributed by atoms with Gasteiger partial charge < -0.3 is 9.64 Å². The van der Waals surface area contributed by atoms with Crippen LogP contribution < -0.4 is 4.72 Å². The van der Waals surface area contributed by atoms with Crippen LogP contribution in [-0.4, -0.2) is 58.3 Å². The molecule has 1 aliphatic rings. The Bertz CT molecular complexity index is 729. The van der Waals surface area contributed by atoms with Crippen molar-refractivity contribution in [3.05, 3.63) is 23.8 Å². The summed E-state index contributed by atoms with van der Waals surface area (Å²) in [6.45, 7) is 5.63. The van der Waals surface area contributed by atoms with Crippen molar-refractivity contribution < 1.29 is 17.9 Å². The van der Waals surface area contributed by atoms with Crippen molar-refractivity contribution in [3.63, 3.8) is 0 Å². The van der Waals surface area contributed by atoms with Gasteiger partial charge in [-0.3, -0.25) is 4.79 Å². The molecule has 0 radical (unpaired) electrons. The van der Waals surface area contributed by atoms with E-state index in [1.165, 1.54) is 24.9 Å². The number of methoxy groups -OCH3 is 1. The van der Waals surface area contributed by atoms with Crippen LogP contribution in [0.5, 0.6) is 0 Å². The Kier molecular flexibility index (Phi) is 7.52. The fraction of sp³-hybridized carbons (Fsp3) is 0.611. The predicted octanol–water partition coefficient (Wildman–Crippen LogP) is 2.59. The maximum Gasteiger partial charge on any atom is 0.255 e. The molecule has 1 amide bonds. The maximum absolute atomic E-state index is 13.0. The molecule has 1 aromatic rings. The molecule has 26 heavy (non-hydrogen) atoms. The third kappa shape index (κ3) is 5.22. The summed E-state index contributed by atoms with van der Waals surface area (Å²) >= 11 is 1.45. The smallest absolute Gasteiger partial charge is 0.255 e. The molecular weight excluding hydrogens is 372 g/mol. The number of thioether (sulfide) groups is 1. The average Bonchev–Trinajstić information content (AvgIpc) is 2.61. The van der Waals surface area contributed by atoms with Gasteiger partial charge in [-0.15, -0.1) is 11.8 Å². The summed E-state index contributed by atoms with van der Waals surface area (Å²) in [5.74, 6) is 0.528. The third-order valence-corrected chi connectivity index (χ3v) is 6.94. The second-order valence-electron chi connectivity index (χ2n) is 6.81. The molecule has 1 heterocycles. The van der Waals surface area contributed by atoms with Crippen molar-refractivity contribution in [3.8, 4) is 0 Å². The monoisotopic (exact) mass is 400 g/mol. The second kappa shape index (κ2) is 9.21. The first-order chi connectivity index (χ1) is 12.3. The van der Waals surface area contributed by atoms with Gasteiger partial charge in [0, 0.05) is 31.1 Å². The van der Waals surface area contributed by atoms with Crippen molar-refractivity contribution in [2.45, 2.75) is 42.5 Å². The van der Waals surface area contributed by atoms with Gasteiger partial charge in [0.15, 0.2) is 0 Å². The molecule has 6 nitrogen and oxygen atoms in total. The van der Waals surface area contributed by atoms with E-state index in [4.69, 9.17) is 4.74 Å². The molecule has 1 saturated heterocycles. The van der Waals surface area contributed by atoms with E-state index >= 15 is 0 Å². The van der Waals surface area contributed by atoms with Gasteiger partial charge in [0.2, 0.25) is 10.0 Å². The molecule has 2 rings (SSSR count). The first-order valence-electron chi connectivity index (χ1n) is 8.77. The zero-order valence-electron chi connectivity index (χ0n) is 15.8. The van der Waals surface area contributed by atoms with Crippen LogP contribution in [0.1, 0.15) is 37.0 Å². The summed E-state index contributed by atoms with van der Waals surface area (Å²) in [5.41, 5.74) is 0.453. The van der Waals surface area contributed by atoms with Crippen LogP contribution in [0.15, 0.2) is 28.0 Å². The second-order valence-corrected chi connectivity index (χ2v) is 9.38. The normalized spacial score (nSPS) is 17.3. The van der Waals surface area contributed by atoms with Gasteiger partial charge >= 0.3 is 0 Å². The first-order valence-corrected chi connectivity index (χ1v) is 11.5. The van der Waals surface area contributed by atoms with E-state index in [1.54, 1.807) is 19.1 Å². The number of rotatable bonds is 7. The zero-order valence-corrected chi connectivity index (χ0v) is 17.5. The summed E-state index contributed by atoms with van der Waals surface area (Å²) in [7, 11) is -2.19. The van der Waals surface area contributed by atoms with Gasteiger partial charge in [-0.2, -0.15) is 0 Å². The predicted molar refractivity (Wildman–Crippen MR) is 104 cm³/mol. The van der Waals surface area contributed by atoms with Gasteiger partial charge in [-0.25, -0.2) is 13.1 Å². The molecule has 1 aliphatic heterocycles. The minimum atomic E-state index is -3.71. The Morgan fingerprint density at radius 2 is 2.04 bits per heavy atom. The van der Waals surface area contributed by atoms with E-state index in [-0.39, 0.29) is 23.5 Å².